The lowest BCUT2D eigenvalue weighted by atomic mass is 10.1. The molecule has 3 N–H and O–H groups in total. The predicted octanol–water partition coefficient (Wildman–Crippen LogP) is 3.15. The van der Waals surface area contributed by atoms with Crippen LogP contribution >= 0.6 is 0 Å². The Hall–Kier alpha value is -2.42. The minimum absolute atomic E-state index is 0.143. The van der Waals surface area contributed by atoms with Crippen LogP contribution in [0.4, 0.5) is 19.0 Å². The molecular formula is C12H8F3N3. The van der Waals surface area contributed by atoms with E-state index < -0.39 is 11.7 Å². The zero-order valence-electron chi connectivity index (χ0n) is 9.05. The number of rotatable bonds is 1. The molecule has 1 aromatic heterocycles. The number of aromatic nitrogens is 1. The van der Waals surface area contributed by atoms with Crippen LogP contribution in [-0.2, 0) is 6.18 Å². The molecule has 18 heavy (non-hydrogen) atoms. The van der Waals surface area contributed by atoms with Gasteiger partial charge in [0.1, 0.15) is 11.9 Å². The molecule has 0 saturated heterocycles. The number of hydrogen-bond acceptors (Lipinski definition) is 2. The third-order valence-corrected chi connectivity index (χ3v) is 2.47. The average Bonchev–Trinajstić information content (AvgIpc) is 2.70. The van der Waals surface area contributed by atoms with Crippen molar-refractivity contribution in [2.75, 3.05) is 5.73 Å². The number of H-pyrrole nitrogens is 1. The number of alkyl halides is 3. The van der Waals surface area contributed by atoms with Gasteiger partial charge in [0, 0.05) is 5.69 Å². The molecule has 2 aromatic rings. The third kappa shape index (κ3) is 2.15. The second-order valence-electron chi connectivity index (χ2n) is 3.70. The Morgan fingerprint density at radius 1 is 1.22 bits per heavy atom. The second-order valence-corrected chi connectivity index (χ2v) is 3.70. The summed E-state index contributed by atoms with van der Waals surface area (Å²) in [5.74, 6) is 0.143. The maximum Gasteiger partial charge on any atom is 0.416 e. The van der Waals surface area contributed by atoms with Crippen LogP contribution in [0.3, 0.4) is 0 Å². The van der Waals surface area contributed by atoms with Gasteiger partial charge in [-0.25, -0.2) is 0 Å². The van der Waals surface area contributed by atoms with E-state index in [-0.39, 0.29) is 11.4 Å². The van der Waals surface area contributed by atoms with E-state index in [1.54, 1.807) is 0 Å². The molecule has 0 bridgehead atoms. The van der Waals surface area contributed by atoms with Gasteiger partial charge in [-0.3, -0.25) is 0 Å². The minimum atomic E-state index is -4.40. The summed E-state index contributed by atoms with van der Waals surface area (Å²) in [7, 11) is 0. The highest BCUT2D eigenvalue weighted by Gasteiger charge is 2.30. The minimum Gasteiger partial charge on any atom is -0.384 e. The third-order valence-electron chi connectivity index (χ3n) is 2.47. The molecule has 0 aliphatic carbocycles. The Kier molecular flexibility index (Phi) is 2.75. The Bertz CT molecular complexity index is 620. The molecule has 0 aliphatic heterocycles. The number of halogens is 3. The summed E-state index contributed by atoms with van der Waals surface area (Å²) < 4.78 is 37.6. The molecule has 0 radical (unpaired) electrons. The van der Waals surface area contributed by atoms with Crippen molar-refractivity contribution in [3.8, 4) is 17.3 Å². The highest BCUT2D eigenvalue weighted by atomic mass is 19.4. The van der Waals surface area contributed by atoms with Crippen molar-refractivity contribution in [2.24, 2.45) is 0 Å². The summed E-state index contributed by atoms with van der Waals surface area (Å²) in [6.45, 7) is 0. The first-order valence-electron chi connectivity index (χ1n) is 4.98. The van der Waals surface area contributed by atoms with Crippen molar-refractivity contribution < 1.29 is 13.2 Å². The smallest absolute Gasteiger partial charge is 0.384 e. The second kappa shape index (κ2) is 4.11. The summed E-state index contributed by atoms with van der Waals surface area (Å²) in [4.78, 5) is 2.68. The quantitative estimate of drug-likeness (QED) is 0.817. The molecular weight excluding hydrogens is 243 g/mol. The normalized spacial score (nSPS) is 11.2. The number of aromatic amines is 1. The van der Waals surface area contributed by atoms with E-state index in [9.17, 15) is 13.2 Å². The van der Waals surface area contributed by atoms with Crippen molar-refractivity contribution in [3.63, 3.8) is 0 Å². The largest absolute Gasteiger partial charge is 0.416 e. The van der Waals surface area contributed by atoms with Crippen LogP contribution in [0, 0.1) is 11.3 Å². The molecule has 0 aliphatic rings. The Morgan fingerprint density at radius 3 is 2.50 bits per heavy atom. The molecule has 2 rings (SSSR count). The zero-order chi connectivity index (χ0) is 13.3. The number of nitriles is 1. The molecule has 92 valence electrons. The fraction of sp³-hybridized carbons (Fsp3) is 0.0833. The SMILES string of the molecule is N#Cc1cc(-c2cccc(C(F)(F)F)c2)[nH]c1N. The predicted molar refractivity (Wildman–Crippen MR) is 60.4 cm³/mol. The van der Waals surface area contributed by atoms with Gasteiger partial charge in [0.2, 0.25) is 0 Å². The van der Waals surface area contributed by atoms with Gasteiger partial charge in [-0.15, -0.1) is 0 Å². The van der Waals surface area contributed by atoms with Gasteiger partial charge in [-0.1, -0.05) is 12.1 Å². The standard InChI is InChI=1S/C12H8F3N3/c13-12(14,15)9-3-1-2-7(4-9)10-5-8(6-16)11(17)18-10/h1-5,18H,17H2. The Labute approximate surface area is 101 Å². The van der Waals surface area contributed by atoms with Crippen LogP contribution in [-0.4, -0.2) is 4.98 Å². The van der Waals surface area contributed by atoms with Crippen molar-refractivity contribution in [3.05, 3.63) is 41.5 Å². The number of anilines is 1. The van der Waals surface area contributed by atoms with E-state index in [0.29, 0.717) is 11.3 Å². The van der Waals surface area contributed by atoms with Crippen molar-refractivity contribution in [2.45, 2.75) is 6.18 Å². The van der Waals surface area contributed by atoms with E-state index >= 15 is 0 Å². The molecule has 1 aromatic carbocycles. The number of nitrogens with zero attached hydrogens (tertiary/aromatic N) is 1. The number of benzene rings is 1. The molecule has 0 atom stereocenters. The van der Waals surface area contributed by atoms with Gasteiger partial charge >= 0.3 is 6.18 Å². The van der Waals surface area contributed by atoms with Crippen LogP contribution in [0.5, 0.6) is 0 Å². The van der Waals surface area contributed by atoms with E-state index in [2.05, 4.69) is 4.98 Å². The molecule has 0 unspecified atom stereocenters. The fourth-order valence-corrected chi connectivity index (χ4v) is 1.58. The van der Waals surface area contributed by atoms with Gasteiger partial charge in [-0.05, 0) is 23.8 Å². The molecule has 0 fully saturated rings. The van der Waals surface area contributed by atoms with Crippen LogP contribution in [0.15, 0.2) is 30.3 Å². The van der Waals surface area contributed by atoms with Gasteiger partial charge in [-0.2, -0.15) is 18.4 Å². The Balaban J connectivity index is 2.48. The maximum absolute atomic E-state index is 12.5. The highest BCUT2D eigenvalue weighted by Crippen LogP contribution is 2.32. The molecule has 0 amide bonds. The van der Waals surface area contributed by atoms with Crippen LogP contribution in [0.1, 0.15) is 11.1 Å². The van der Waals surface area contributed by atoms with Crippen molar-refractivity contribution >= 4 is 5.82 Å². The number of nitrogens with two attached hydrogens (primary N) is 1. The van der Waals surface area contributed by atoms with E-state index in [0.717, 1.165) is 12.1 Å². The number of nitrogen functional groups attached to an aromatic ring is 1. The lowest BCUT2D eigenvalue weighted by Crippen LogP contribution is -2.04. The number of nitrogens with one attached hydrogen (secondary N) is 1. The molecule has 0 saturated carbocycles. The van der Waals surface area contributed by atoms with Gasteiger partial charge in [0.05, 0.1) is 11.1 Å². The monoisotopic (exact) mass is 251 g/mol. The van der Waals surface area contributed by atoms with Gasteiger partial charge in [0.15, 0.2) is 0 Å². The zero-order valence-corrected chi connectivity index (χ0v) is 9.05. The fourth-order valence-electron chi connectivity index (χ4n) is 1.58. The van der Waals surface area contributed by atoms with Crippen molar-refractivity contribution in [1.82, 2.24) is 4.98 Å². The van der Waals surface area contributed by atoms with Crippen LogP contribution in [0.2, 0.25) is 0 Å². The van der Waals surface area contributed by atoms with Crippen LogP contribution in [0.25, 0.3) is 11.3 Å². The molecule has 6 heteroatoms. The average molecular weight is 251 g/mol. The highest BCUT2D eigenvalue weighted by molar-refractivity contribution is 5.68. The first-order valence-corrected chi connectivity index (χ1v) is 4.98. The Morgan fingerprint density at radius 2 is 1.94 bits per heavy atom. The summed E-state index contributed by atoms with van der Waals surface area (Å²) >= 11 is 0. The number of hydrogen-bond donors (Lipinski definition) is 2. The van der Waals surface area contributed by atoms with E-state index in [4.69, 9.17) is 11.0 Å². The molecule has 0 spiro atoms. The summed E-state index contributed by atoms with van der Waals surface area (Å²) in [6, 6.07) is 8.09. The summed E-state index contributed by atoms with van der Waals surface area (Å²) in [5, 5.41) is 8.73. The summed E-state index contributed by atoms with van der Waals surface area (Å²) in [6.07, 6.45) is -4.40. The first-order chi connectivity index (χ1) is 8.41. The molecule has 1 heterocycles. The van der Waals surface area contributed by atoms with Gasteiger partial charge in [0.25, 0.3) is 0 Å². The van der Waals surface area contributed by atoms with Gasteiger partial charge < -0.3 is 10.7 Å². The lowest BCUT2D eigenvalue weighted by molar-refractivity contribution is -0.137. The van der Waals surface area contributed by atoms with Crippen molar-refractivity contribution in [1.29, 1.82) is 5.26 Å². The summed E-state index contributed by atoms with van der Waals surface area (Å²) in [5.41, 5.74) is 5.70. The maximum atomic E-state index is 12.5. The van der Waals surface area contributed by atoms with E-state index in [1.165, 1.54) is 18.2 Å². The van der Waals surface area contributed by atoms with E-state index in [1.807, 2.05) is 6.07 Å². The first kappa shape index (κ1) is 12.0. The van der Waals surface area contributed by atoms with Crippen LogP contribution < -0.4 is 5.73 Å². The topological polar surface area (TPSA) is 65.6 Å². The molecule has 3 nitrogen and oxygen atoms in total. The lowest BCUT2D eigenvalue weighted by Gasteiger charge is -2.07.